The van der Waals surface area contributed by atoms with Crippen molar-refractivity contribution in [1.29, 1.82) is 0 Å². The number of aromatic nitrogens is 4. The molecule has 8 nitrogen and oxygen atoms in total. The van der Waals surface area contributed by atoms with Crippen LogP contribution in [0.2, 0.25) is 0 Å². The van der Waals surface area contributed by atoms with E-state index in [1.807, 2.05) is 6.92 Å². The fourth-order valence-corrected chi connectivity index (χ4v) is 3.41. The fourth-order valence-electron chi connectivity index (χ4n) is 3.41. The first kappa shape index (κ1) is 24.5. The van der Waals surface area contributed by atoms with Crippen LogP contribution in [-0.4, -0.2) is 31.8 Å². The van der Waals surface area contributed by atoms with E-state index in [1.54, 1.807) is 42.6 Å². The molecule has 0 saturated heterocycles. The Morgan fingerprint density at radius 3 is 2.33 bits per heavy atom. The first-order valence-electron chi connectivity index (χ1n) is 10.6. The monoisotopic (exact) mass is 492 g/mol. The minimum atomic E-state index is -4.66. The topological polar surface area (TPSA) is 110 Å². The summed E-state index contributed by atoms with van der Waals surface area (Å²) < 4.78 is 38.8. The number of anilines is 2. The molecule has 0 spiro atoms. The Hall–Kier alpha value is -4.67. The normalized spacial score (nSPS) is 11.1. The maximum absolute atomic E-state index is 12.9. The number of rotatable bonds is 5. The van der Waals surface area contributed by atoms with Crippen molar-refractivity contribution in [2.24, 2.45) is 0 Å². The van der Waals surface area contributed by atoms with E-state index >= 15 is 0 Å². The summed E-state index contributed by atoms with van der Waals surface area (Å²) in [7, 11) is 0. The van der Waals surface area contributed by atoms with E-state index in [9.17, 15) is 22.8 Å². The van der Waals surface area contributed by atoms with Crippen molar-refractivity contribution in [2.75, 3.05) is 10.6 Å². The lowest BCUT2D eigenvalue weighted by molar-refractivity contribution is -0.141. The van der Waals surface area contributed by atoms with Gasteiger partial charge in [-0.25, -0.2) is 15.0 Å². The number of carbonyl (C=O) groups is 2. The molecular formula is C25H19F3N6O2. The summed E-state index contributed by atoms with van der Waals surface area (Å²) in [5.74, 6) is -0.576. The molecule has 3 heterocycles. The average molecular weight is 492 g/mol. The zero-order valence-corrected chi connectivity index (χ0v) is 19.1. The summed E-state index contributed by atoms with van der Waals surface area (Å²) in [4.78, 5) is 40.0. The standard InChI is InChI=1S/C25H19F3N6O2/c1-14-3-4-18(34-24(36)17-6-7-29-22(9-17)25(26,27)28)11-19(14)21-12-20(31-13-32-21)16-5-8-30-23(10-16)33-15(2)35/h3-13H,1-2H3,(H,34,36)(H,30,33,35). The molecule has 4 rings (SSSR count). The fraction of sp³-hybridized carbons (Fsp3) is 0.120. The number of hydrogen-bond acceptors (Lipinski definition) is 6. The Morgan fingerprint density at radius 2 is 1.58 bits per heavy atom. The average Bonchev–Trinajstić information content (AvgIpc) is 2.84. The van der Waals surface area contributed by atoms with Crippen LogP contribution in [0, 0.1) is 6.92 Å². The summed E-state index contributed by atoms with van der Waals surface area (Å²) in [5, 5.41) is 5.24. The van der Waals surface area contributed by atoms with Gasteiger partial charge in [0.05, 0.1) is 11.4 Å². The van der Waals surface area contributed by atoms with Crippen molar-refractivity contribution in [3.63, 3.8) is 0 Å². The molecule has 11 heteroatoms. The van der Waals surface area contributed by atoms with Gasteiger partial charge in [0, 0.05) is 41.7 Å². The van der Waals surface area contributed by atoms with Crippen LogP contribution in [0.4, 0.5) is 24.7 Å². The Morgan fingerprint density at radius 1 is 0.833 bits per heavy atom. The van der Waals surface area contributed by atoms with E-state index in [0.29, 0.717) is 40.1 Å². The molecule has 0 bridgehead atoms. The first-order chi connectivity index (χ1) is 17.1. The molecule has 3 aromatic heterocycles. The van der Waals surface area contributed by atoms with Crippen molar-refractivity contribution in [1.82, 2.24) is 19.9 Å². The van der Waals surface area contributed by atoms with Gasteiger partial charge in [-0.15, -0.1) is 0 Å². The van der Waals surface area contributed by atoms with Crippen molar-refractivity contribution < 1.29 is 22.8 Å². The van der Waals surface area contributed by atoms with Gasteiger partial charge in [0.1, 0.15) is 17.8 Å². The highest BCUT2D eigenvalue weighted by Gasteiger charge is 2.33. The van der Waals surface area contributed by atoms with Gasteiger partial charge >= 0.3 is 6.18 Å². The molecule has 0 aliphatic heterocycles. The summed E-state index contributed by atoms with van der Waals surface area (Å²) in [6.07, 6.45) is -0.774. The number of nitrogens with zero attached hydrogens (tertiary/aromatic N) is 4. The molecule has 182 valence electrons. The second kappa shape index (κ2) is 9.90. The number of benzene rings is 1. The van der Waals surface area contributed by atoms with Crippen LogP contribution in [0.5, 0.6) is 0 Å². The van der Waals surface area contributed by atoms with E-state index in [1.165, 1.54) is 19.3 Å². The Bertz CT molecular complexity index is 1460. The third-order valence-corrected chi connectivity index (χ3v) is 5.11. The van der Waals surface area contributed by atoms with E-state index < -0.39 is 17.8 Å². The number of nitrogens with one attached hydrogen (secondary N) is 2. The quantitative estimate of drug-likeness (QED) is 0.399. The maximum Gasteiger partial charge on any atom is 0.433 e. The molecule has 0 saturated carbocycles. The number of carbonyl (C=O) groups excluding carboxylic acids is 2. The first-order valence-corrected chi connectivity index (χ1v) is 10.6. The zero-order valence-electron chi connectivity index (χ0n) is 19.1. The van der Waals surface area contributed by atoms with Crippen LogP contribution in [0.1, 0.15) is 28.5 Å². The number of halogens is 3. The van der Waals surface area contributed by atoms with Gasteiger partial charge in [0.15, 0.2) is 0 Å². The lowest BCUT2D eigenvalue weighted by atomic mass is 10.0. The number of amides is 2. The molecule has 4 aromatic rings. The summed E-state index contributed by atoms with van der Waals surface area (Å²) in [6.45, 7) is 3.25. The molecule has 36 heavy (non-hydrogen) atoms. The minimum Gasteiger partial charge on any atom is -0.322 e. The summed E-state index contributed by atoms with van der Waals surface area (Å²) >= 11 is 0. The van der Waals surface area contributed by atoms with Gasteiger partial charge in [-0.3, -0.25) is 14.6 Å². The van der Waals surface area contributed by atoms with Crippen LogP contribution in [0.15, 0.2) is 67.3 Å². The van der Waals surface area contributed by atoms with Crippen molar-refractivity contribution in [2.45, 2.75) is 20.0 Å². The molecule has 2 amide bonds. The highest BCUT2D eigenvalue weighted by molar-refractivity contribution is 6.04. The van der Waals surface area contributed by atoms with Gasteiger partial charge < -0.3 is 10.6 Å². The number of alkyl halides is 3. The molecule has 0 fully saturated rings. The number of pyridine rings is 2. The summed E-state index contributed by atoms with van der Waals surface area (Å²) in [5.41, 5.74) is 2.46. The third kappa shape index (κ3) is 5.69. The molecule has 0 aliphatic rings. The Balaban J connectivity index is 1.62. The maximum atomic E-state index is 12.9. The highest BCUT2D eigenvalue weighted by Crippen LogP contribution is 2.30. The van der Waals surface area contributed by atoms with Gasteiger partial charge in [0.25, 0.3) is 5.91 Å². The van der Waals surface area contributed by atoms with Crippen molar-refractivity contribution in [3.8, 4) is 22.5 Å². The largest absolute Gasteiger partial charge is 0.433 e. The smallest absolute Gasteiger partial charge is 0.322 e. The molecule has 0 aliphatic carbocycles. The van der Waals surface area contributed by atoms with Crippen LogP contribution >= 0.6 is 0 Å². The summed E-state index contributed by atoms with van der Waals surface area (Å²) in [6, 6.07) is 12.2. The number of hydrogen-bond donors (Lipinski definition) is 2. The third-order valence-electron chi connectivity index (χ3n) is 5.11. The highest BCUT2D eigenvalue weighted by atomic mass is 19.4. The molecular weight excluding hydrogens is 473 g/mol. The SMILES string of the molecule is CC(=O)Nc1cc(-c2cc(-c3cc(NC(=O)c4ccnc(C(F)(F)F)c4)ccc3C)ncn2)ccn1. The van der Waals surface area contributed by atoms with Crippen LogP contribution in [0.3, 0.4) is 0 Å². The molecule has 1 aromatic carbocycles. The second-order valence-corrected chi connectivity index (χ2v) is 7.81. The predicted molar refractivity (Wildman–Crippen MR) is 127 cm³/mol. The number of aryl methyl sites for hydroxylation is 1. The molecule has 0 unspecified atom stereocenters. The van der Waals surface area contributed by atoms with Crippen molar-refractivity contribution in [3.05, 3.63) is 84.1 Å². The van der Waals surface area contributed by atoms with E-state index in [2.05, 4.69) is 30.6 Å². The van der Waals surface area contributed by atoms with E-state index in [-0.39, 0.29) is 11.5 Å². The van der Waals surface area contributed by atoms with E-state index in [4.69, 9.17) is 0 Å². The van der Waals surface area contributed by atoms with Crippen molar-refractivity contribution >= 4 is 23.3 Å². The molecule has 0 radical (unpaired) electrons. The molecule has 2 N–H and O–H groups in total. The lowest BCUT2D eigenvalue weighted by Crippen LogP contribution is -2.15. The lowest BCUT2D eigenvalue weighted by Gasteiger charge is -2.12. The van der Waals surface area contributed by atoms with Gasteiger partial charge in [-0.2, -0.15) is 13.2 Å². The van der Waals surface area contributed by atoms with Gasteiger partial charge in [-0.05, 0) is 55.0 Å². The molecule has 0 atom stereocenters. The Labute approximate surface area is 203 Å². The van der Waals surface area contributed by atoms with Crippen LogP contribution in [0.25, 0.3) is 22.5 Å². The second-order valence-electron chi connectivity index (χ2n) is 7.81. The van der Waals surface area contributed by atoms with Crippen LogP contribution in [-0.2, 0) is 11.0 Å². The predicted octanol–water partition coefficient (Wildman–Crippen LogP) is 5.14. The van der Waals surface area contributed by atoms with E-state index in [0.717, 1.165) is 11.8 Å². The van der Waals surface area contributed by atoms with Gasteiger partial charge in [-0.1, -0.05) is 6.07 Å². The minimum absolute atomic E-state index is 0.170. The van der Waals surface area contributed by atoms with Crippen LogP contribution < -0.4 is 10.6 Å². The Kier molecular flexibility index (Phi) is 6.73. The van der Waals surface area contributed by atoms with Gasteiger partial charge in [0.2, 0.25) is 5.91 Å². The zero-order chi connectivity index (χ0) is 25.9.